The summed E-state index contributed by atoms with van der Waals surface area (Å²) in [6.07, 6.45) is 1.07. The summed E-state index contributed by atoms with van der Waals surface area (Å²) < 4.78 is 0. The monoisotopic (exact) mass is 258 g/mol. The van der Waals surface area contributed by atoms with Gasteiger partial charge in [-0.05, 0) is 24.7 Å². The van der Waals surface area contributed by atoms with E-state index in [-0.39, 0.29) is 24.2 Å². The van der Waals surface area contributed by atoms with Gasteiger partial charge in [-0.1, -0.05) is 27.2 Å². The van der Waals surface area contributed by atoms with Crippen LogP contribution in [0.15, 0.2) is 0 Å². The minimum atomic E-state index is -0.829. The third-order valence-corrected chi connectivity index (χ3v) is 3.67. The van der Waals surface area contributed by atoms with Crippen LogP contribution in [0.3, 0.4) is 0 Å². The minimum Gasteiger partial charge on any atom is -0.481 e. The molecule has 0 aromatic rings. The minimum absolute atomic E-state index is 0.0554. The maximum atomic E-state index is 11.4. The summed E-state index contributed by atoms with van der Waals surface area (Å²) in [7, 11) is 0. The average Bonchev–Trinajstić information content (AvgIpc) is 2.31. The summed E-state index contributed by atoms with van der Waals surface area (Å²) >= 11 is 0. The zero-order valence-electron chi connectivity index (χ0n) is 11.8. The smallest absolute Gasteiger partial charge is 0.303 e. The molecule has 0 aliphatic rings. The highest BCUT2D eigenvalue weighted by Gasteiger charge is 2.25. The van der Waals surface area contributed by atoms with Crippen molar-refractivity contribution in [1.82, 2.24) is 5.32 Å². The van der Waals surface area contributed by atoms with Crippen molar-refractivity contribution in [2.24, 2.45) is 23.5 Å². The average molecular weight is 258 g/mol. The topological polar surface area (TPSA) is 92.4 Å². The number of carboxylic acids is 1. The van der Waals surface area contributed by atoms with Crippen molar-refractivity contribution in [3.63, 3.8) is 0 Å². The Morgan fingerprint density at radius 3 is 2.22 bits per heavy atom. The molecule has 4 N–H and O–H groups in total. The summed E-state index contributed by atoms with van der Waals surface area (Å²) in [6.45, 7) is 8.21. The third-order valence-electron chi connectivity index (χ3n) is 3.67. The summed E-state index contributed by atoms with van der Waals surface area (Å²) in [5, 5.41) is 11.6. The van der Waals surface area contributed by atoms with Gasteiger partial charge in [-0.3, -0.25) is 9.59 Å². The van der Waals surface area contributed by atoms with Gasteiger partial charge < -0.3 is 16.2 Å². The molecule has 1 amide bonds. The number of nitrogens with one attached hydrogen (secondary N) is 1. The fourth-order valence-electron chi connectivity index (χ4n) is 1.90. The third kappa shape index (κ3) is 6.00. The fraction of sp³-hybridized carbons (Fsp3) is 0.846. The Kier molecular flexibility index (Phi) is 7.59. The zero-order chi connectivity index (χ0) is 14.3. The van der Waals surface area contributed by atoms with Crippen molar-refractivity contribution < 1.29 is 14.7 Å². The summed E-state index contributed by atoms with van der Waals surface area (Å²) in [6, 6.07) is -0.561. The zero-order valence-corrected chi connectivity index (χ0v) is 11.8. The SMILES string of the molecule is CCC(C)C(C)C(CNC(=O)[C@H](C)N)CC(=O)O. The Labute approximate surface area is 109 Å². The molecule has 106 valence electrons. The van der Waals surface area contributed by atoms with Gasteiger partial charge in [0.1, 0.15) is 0 Å². The van der Waals surface area contributed by atoms with Crippen LogP contribution in [0, 0.1) is 17.8 Å². The van der Waals surface area contributed by atoms with Gasteiger partial charge in [-0.15, -0.1) is 0 Å². The van der Waals surface area contributed by atoms with Gasteiger partial charge in [0, 0.05) is 6.54 Å². The molecule has 5 heteroatoms. The molecule has 0 saturated carbocycles. The maximum Gasteiger partial charge on any atom is 0.303 e. The van der Waals surface area contributed by atoms with Crippen molar-refractivity contribution in [3.05, 3.63) is 0 Å². The maximum absolute atomic E-state index is 11.4. The normalized spacial score (nSPS) is 17.6. The van der Waals surface area contributed by atoms with Crippen molar-refractivity contribution in [2.75, 3.05) is 6.54 Å². The standard InChI is InChI=1S/C13H26N2O3/c1-5-8(2)9(3)11(6-12(16)17)7-15-13(18)10(4)14/h8-11H,5-7,14H2,1-4H3,(H,15,18)(H,16,17)/t8?,9?,10-,11?/m0/s1. The highest BCUT2D eigenvalue weighted by atomic mass is 16.4. The number of aliphatic carboxylic acids is 1. The van der Waals surface area contributed by atoms with E-state index in [0.29, 0.717) is 12.5 Å². The Hall–Kier alpha value is -1.10. The molecule has 0 heterocycles. The Morgan fingerprint density at radius 1 is 1.28 bits per heavy atom. The Bertz CT molecular complexity index is 279. The van der Waals surface area contributed by atoms with Gasteiger partial charge in [-0.2, -0.15) is 0 Å². The van der Waals surface area contributed by atoms with Crippen LogP contribution < -0.4 is 11.1 Å². The number of carbonyl (C=O) groups is 2. The van der Waals surface area contributed by atoms with E-state index in [4.69, 9.17) is 10.8 Å². The molecule has 3 unspecified atom stereocenters. The lowest BCUT2D eigenvalue weighted by molar-refractivity contribution is -0.139. The van der Waals surface area contributed by atoms with E-state index in [2.05, 4.69) is 19.2 Å². The molecule has 0 aliphatic carbocycles. The Morgan fingerprint density at radius 2 is 1.83 bits per heavy atom. The molecule has 0 radical (unpaired) electrons. The number of nitrogens with two attached hydrogens (primary N) is 1. The van der Waals surface area contributed by atoms with E-state index in [0.717, 1.165) is 6.42 Å². The van der Waals surface area contributed by atoms with Crippen LogP contribution in [-0.4, -0.2) is 29.6 Å². The van der Waals surface area contributed by atoms with E-state index >= 15 is 0 Å². The second kappa shape index (κ2) is 8.08. The fourth-order valence-corrected chi connectivity index (χ4v) is 1.90. The van der Waals surface area contributed by atoms with Crippen LogP contribution >= 0.6 is 0 Å². The molecule has 0 bridgehead atoms. The van der Waals surface area contributed by atoms with E-state index in [9.17, 15) is 9.59 Å². The summed E-state index contributed by atoms with van der Waals surface area (Å²) in [4.78, 5) is 22.3. The molecule has 0 aliphatic heterocycles. The quantitative estimate of drug-likeness (QED) is 0.610. The molecule has 0 aromatic carbocycles. The number of hydrogen-bond acceptors (Lipinski definition) is 3. The van der Waals surface area contributed by atoms with Crippen LogP contribution in [0.4, 0.5) is 0 Å². The molecular weight excluding hydrogens is 232 g/mol. The van der Waals surface area contributed by atoms with Gasteiger partial charge in [0.15, 0.2) is 0 Å². The van der Waals surface area contributed by atoms with Crippen LogP contribution in [0.5, 0.6) is 0 Å². The van der Waals surface area contributed by atoms with Crippen LogP contribution in [0.2, 0.25) is 0 Å². The predicted molar refractivity (Wildman–Crippen MR) is 71.0 cm³/mol. The van der Waals surface area contributed by atoms with Crippen LogP contribution in [0.25, 0.3) is 0 Å². The van der Waals surface area contributed by atoms with Gasteiger partial charge in [0.05, 0.1) is 12.5 Å². The van der Waals surface area contributed by atoms with Gasteiger partial charge in [0.25, 0.3) is 0 Å². The lowest BCUT2D eigenvalue weighted by Crippen LogP contribution is -2.42. The molecule has 0 spiro atoms. The molecular formula is C13H26N2O3. The number of hydrogen-bond donors (Lipinski definition) is 3. The molecule has 0 rings (SSSR count). The van der Waals surface area contributed by atoms with E-state index in [1.54, 1.807) is 6.92 Å². The van der Waals surface area contributed by atoms with Gasteiger partial charge in [-0.25, -0.2) is 0 Å². The van der Waals surface area contributed by atoms with Crippen molar-refractivity contribution in [3.8, 4) is 0 Å². The van der Waals surface area contributed by atoms with Crippen molar-refractivity contribution >= 4 is 11.9 Å². The number of amides is 1. The lowest BCUT2D eigenvalue weighted by Gasteiger charge is -2.27. The van der Waals surface area contributed by atoms with Gasteiger partial charge >= 0.3 is 5.97 Å². The first-order chi connectivity index (χ1) is 8.29. The van der Waals surface area contributed by atoms with Crippen LogP contribution in [-0.2, 0) is 9.59 Å². The van der Waals surface area contributed by atoms with E-state index < -0.39 is 12.0 Å². The highest BCUT2D eigenvalue weighted by molar-refractivity contribution is 5.81. The second-order valence-corrected chi connectivity index (χ2v) is 5.14. The second-order valence-electron chi connectivity index (χ2n) is 5.14. The summed E-state index contributed by atoms with van der Waals surface area (Å²) in [5.41, 5.74) is 5.46. The number of carbonyl (C=O) groups excluding carboxylic acids is 1. The highest BCUT2D eigenvalue weighted by Crippen LogP contribution is 2.25. The molecule has 0 aromatic heterocycles. The van der Waals surface area contributed by atoms with E-state index in [1.807, 2.05) is 6.92 Å². The Balaban J connectivity index is 4.49. The molecule has 4 atom stereocenters. The molecule has 0 saturated heterocycles. The number of rotatable bonds is 8. The first-order valence-corrected chi connectivity index (χ1v) is 6.54. The molecule has 5 nitrogen and oxygen atoms in total. The molecule has 0 fully saturated rings. The number of carboxylic acid groups (broad SMARTS) is 1. The first kappa shape index (κ1) is 16.9. The van der Waals surface area contributed by atoms with Crippen LogP contribution in [0.1, 0.15) is 40.5 Å². The first-order valence-electron chi connectivity index (χ1n) is 6.54. The lowest BCUT2D eigenvalue weighted by atomic mass is 9.80. The molecule has 18 heavy (non-hydrogen) atoms. The van der Waals surface area contributed by atoms with Crippen molar-refractivity contribution in [2.45, 2.75) is 46.6 Å². The van der Waals surface area contributed by atoms with Gasteiger partial charge in [0.2, 0.25) is 5.91 Å². The predicted octanol–water partition coefficient (Wildman–Crippen LogP) is 1.22. The van der Waals surface area contributed by atoms with Crippen molar-refractivity contribution in [1.29, 1.82) is 0 Å². The van der Waals surface area contributed by atoms with E-state index in [1.165, 1.54) is 0 Å². The largest absolute Gasteiger partial charge is 0.481 e. The summed E-state index contributed by atoms with van der Waals surface area (Å²) in [5.74, 6) is -0.437.